The molecular formula is C33H38N2O4. The number of aliphatic carboxylic acids is 1. The van der Waals surface area contributed by atoms with Gasteiger partial charge in [0.05, 0.1) is 5.41 Å². The number of nitrogens with one attached hydrogen (secondary N) is 2. The Bertz CT molecular complexity index is 1310. The molecular weight excluding hydrogens is 488 g/mol. The molecule has 3 rings (SSSR count). The summed E-state index contributed by atoms with van der Waals surface area (Å²) in [6.45, 7) is 11.1. The van der Waals surface area contributed by atoms with E-state index in [2.05, 4.69) is 22.5 Å². The van der Waals surface area contributed by atoms with Gasteiger partial charge in [0.25, 0.3) is 5.91 Å². The minimum Gasteiger partial charge on any atom is -0.481 e. The molecule has 0 spiro atoms. The molecule has 2 amide bonds. The first-order valence-electron chi connectivity index (χ1n) is 13.0. The fraction of sp³-hybridized carbons (Fsp3) is 0.303. The summed E-state index contributed by atoms with van der Waals surface area (Å²) < 4.78 is 0. The molecule has 0 aromatic heterocycles. The third-order valence-corrected chi connectivity index (χ3v) is 6.63. The molecule has 0 atom stereocenters. The quantitative estimate of drug-likeness (QED) is 0.283. The van der Waals surface area contributed by atoms with E-state index >= 15 is 0 Å². The Hall–Kier alpha value is -4.37. The van der Waals surface area contributed by atoms with E-state index in [4.69, 9.17) is 5.11 Å². The van der Waals surface area contributed by atoms with E-state index in [0.717, 1.165) is 17.5 Å². The lowest BCUT2D eigenvalue weighted by molar-refractivity contribution is -0.147. The molecule has 39 heavy (non-hydrogen) atoms. The third-order valence-electron chi connectivity index (χ3n) is 6.63. The molecule has 0 fully saturated rings. The van der Waals surface area contributed by atoms with E-state index in [9.17, 15) is 14.4 Å². The summed E-state index contributed by atoms with van der Waals surface area (Å²) in [5.41, 5.74) is 2.73. The average molecular weight is 527 g/mol. The minimum absolute atomic E-state index is 0.0392. The van der Waals surface area contributed by atoms with Crippen molar-refractivity contribution in [3.05, 3.63) is 95.6 Å². The Balaban J connectivity index is 0.000000580. The molecule has 204 valence electrons. The maximum Gasteiger partial charge on any atom is 0.309 e. The molecule has 0 unspecified atom stereocenters. The first-order valence-corrected chi connectivity index (χ1v) is 13.0. The van der Waals surface area contributed by atoms with Crippen molar-refractivity contribution in [3.8, 4) is 11.8 Å². The van der Waals surface area contributed by atoms with Crippen LogP contribution >= 0.6 is 0 Å². The van der Waals surface area contributed by atoms with E-state index < -0.39 is 16.8 Å². The maximum absolute atomic E-state index is 12.5. The lowest BCUT2D eigenvalue weighted by atomic mass is 9.89. The lowest BCUT2D eigenvalue weighted by Crippen LogP contribution is -2.29. The summed E-state index contributed by atoms with van der Waals surface area (Å²) in [4.78, 5) is 35.1. The number of rotatable bonds is 7. The summed E-state index contributed by atoms with van der Waals surface area (Å²) in [7, 11) is 0. The molecule has 3 N–H and O–H groups in total. The van der Waals surface area contributed by atoms with Crippen molar-refractivity contribution in [3.63, 3.8) is 0 Å². The highest BCUT2D eigenvalue weighted by Gasteiger charge is 2.25. The van der Waals surface area contributed by atoms with Gasteiger partial charge in [0.15, 0.2) is 0 Å². The van der Waals surface area contributed by atoms with Crippen LogP contribution in [0.4, 0.5) is 11.4 Å². The lowest BCUT2D eigenvalue weighted by Gasteiger charge is -2.21. The fourth-order valence-corrected chi connectivity index (χ4v) is 2.82. The zero-order valence-electron chi connectivity index (χ0n) is 23.6. The van der Waals surface area contributed by atoms with Crippen molar-refractivity contribution in [2.24, 2.45) is 10.8 Å². The Labute approximate surface area is 231 Å². The van der Waals surface area contributed by atoms with Gasteiger partial charge in [0, 0.05) is 33.5 Å². The van der Waals surface area contributed by atoms with Gasteiger partial charge in [-0.05, 0) is 87.4 Å². The molecule has 3 aromatic carbocycles. The number of hydrogen-bond donors (Lipinski definition) is 3. The van der Waals surface area contributed by atoms with Gasteiger partial charge in [0.1, 0.15) is 0 Å². The van der Waals surface area contributed by atoms with Crippen LogP contribution in [0.3, 0.4) is 0 Å². The number of carbonyl (C=O) groups excluding carboxylic acids is 2. The van der Waals surface area contributed by atoms with Crippen molar-refractivity contribution in [2.75, 3.05) is 10.6 Å². The summed E-state index contributed by atoms with van der Waals surface area (Å²) >= 11 is 0. The first kappa shape index (κ1) is 30.9. The van der Waals surface area contributed by atoms with Crippen LogP contribution in [0.25, 0.3) is 0 Å². The van der Waals surface area contributed by atoms with Crippen molar-refractivity contribution < 1.29 is 19.5 Å². The summed E-state index contributed by atoms with van der Waals surface area (Å²) in [6.07, 6.45) is 1.43. The number of carboxylic acid groups (broad SMARTS) is 1. The first-order chi connectivity index (χ1) is 18.4. The van der Waals surface area contributed by atoms with Crippen LogP contribution in [-0.2, 0) is 9.59 Å². The molecule has 6 heteroatoms. The molecule has 0 saturated heterocycles. The van der Waals surface area contributed by atoms with Crippen LogP contribution in [0.5, 0.6) is 0 Å². The highest BCUT2D eigenvalue weighted by atomic mass is 16.4. The summed E-state index contributed by atoms with van der Waals surface area (Å²) in [6, 6.07) is 24.1. The van der Waals surface area contributed by atoms with Crippen LogP contribution in [0.15, 0.2) is 78.9 Å². The molecule has 0 bridgehead atoms. The molecule has 3 aromatic rings. The second-order valence-corrected chi connectivity index (χ2v) is 10.5. The Morgan fingerprint density at radius 2 is 1.13 bits per heavy atom. The zero-order chi connectivity index (χ0) is 29.1. The molecule has 0 heterocycles. The van der Waals surface area contributed by atoms with Gasteiger partial charge in [-0.15, -0.1) is 0 Å². The molecule has 0 aliphatic rings. The molecule has 0 aliphatic carbocycles. The standard InChI is InChI=1S/C27H26N2O2.C6H12O2/c1-4-27(2,3)26(31)29-24-18-14-22(15-19-24)25(30)28-23-16-12-21(13-17-23)11-10-20-8-6-5-7-9-20;1-4-6(2,3)5(7)8/h5-9,12-19H,4H2,1-3H3,(H,28,30)(H,29,31);4H2,1-3H3,(H,7,8). The van der Waals surface area contributed by atoms with Crippen LogP contribution in [-0.4, -0.2) is 22.9 Å². The van der Waals surface area contributed by atoms with E-state index in [-0.39, 0.29) is 11.8 Å². The number of benzene rings is 3. The van der Waals surface area contributed by atoms with Crippen molar-refractivity contribution in [1.29, 1.82) is 0 Å². The van der Waals surface area contributed by atoms with E-state index in [0.29, 0.717) is 23.4 Å². The third kappa shape index (κ3) is 9.79. The van der Waals surface area contributed by atoms with E-state index in [1.165, 1.54) is 0 Å². The van der Waals surface area contributed by atoms with E-state index in [1.54, 1.807) is 38.1 Å². The van der Waals surface area contributed by atoms with Crippen LogP contribution in [0.2, 0.25) is 0 Å². The Morgan fingerprint density at radius 1 is 0.667 bits per heavy atom. The second-order valence-electron chi connectivity index (χ2n) is 10.5. The smallest absolute Gasteiger partial charge is 0.309 e. The Kier molecular flexibility index (Phi) is 11.0. The normalized spacial score (nSPS) is 10.7. The van der Waals surface area contributed by atoms with Gasteiger partial charge < -0.3 is 15.7 Å². The number of carboxylic acids is 1. The predicted octanol–water partition coefficient (Wildman–Crippen LogP) is 7.22. The van der Waals surface area contributed by atoms with Gasteiger partial charge >= 0.3 is 5.97 Å². The zero-order valence-corrected chi connectivity index (χ0v) is 23.6. The topological polar surface area (TPSA) is 95.5 Å². The molecule has 6 nitrogen and oxygen atoms in total. The minimum atomic E-state index is -0.722. The summed E-state index contributed by atoms with van der Waals surface area (Å²) in [5.74, 6) is 5.25. The number of amides is 2. The fourth-order valence-electron chi connectivity index (χ4n) is 2.82. The van der Waals surface area contributed by atoms with Crippen molar-refractivity contribution in [2.45, 2.75) is 54.4 Å². The molecule has 0 saturated carbocycles. The molecule has 0 radical (unpaired) electrons. The van der Waals surface area contributed by atoms with Crippen molar-refractivity contribution in [1.82, 2.24) is 0 Å². The number of hydrogen-bond acceptors (Lipinski definition) is 3. The van der Waals surface area contributed by atoms with Crippen molar-refractivity contribution >= 4 is 29.2 Å². The monoisotopic (exact) mass is 526 g/mol. The van der Waals surface area contributed by atoms with Gasteiger partial charge in [-0.25, -0.2) is 0 Å². The average Bonchev–Trinajstić information content (AvgIpc) is 2.93. The number of anilines is 2. The SMILES string of the molecule is CCC(C)(C)C(=O)Nc1ccc(C(=O)Nc2ccc(C#Cc3ccccc3)cc2)cc1.CCC(C)(C)C(=O)O. The largest absolute Gasteiger partial charge is 0.481 e. The highest BCUT2D eigenvalue weighted by Crippen LogP contribution is 2.23. The highest BCUT2D eigenvalue weighted by molar-refractivity contribution is 6.04. The maximum atomic E-state index is 12.5. The van der Waals surface area contributed by atoms with Crippen LogP contribution in [0.1, 0.15) is 75.9 Å². The summed E-state index contributed by atoms with van der Waals surface area (Å²) in [5, 5.41) is 14.2. The number of carbonyl (C=O) groups is 3. The predicted molar refractivity (Wildman–Crippen MR) is 158 cm³/mol. The van der Waals surface area contributed by atoms with Gasteiger partial charge in [-0.3, -0.25) is 14.4 Å². The van der Waals surface area contributed by atoms with Gasteiger partial charge in [-0.1, -0.05) is 57.7 Å². The van der Waals surface area contributed by atoms with Crippen LogP contribution in [0, 0.1) is 22.7 Å². The van der Waals surface area contributed by atoms with Crippen LogP contribution < -0.4 is 10.6 Å². The van der Waals surface area contributed by atoms with Gasteiger partial charge in [0.2, 0.25) is 5.91 Å². The van der Waals surface area contributed by atoms with Gasteiger partial charge in [-0.2, -0.15) is 0 Å². The second kappa shape index (κ2) is 14.0. The Morgan fingerprint density at radius 3 is 1.59 bits per heavy atom. The molecule has 0 aliphatic heterocycles. The van der Waals surface area contributed by atoms with E-state index in [1.807, 2.05) is 82.3 Å².